The zero-order chi connectivity index (χ0) is 14.2. The van der Waals surface area contributed by atoms with Gasteiger partial charge in [-0.3, -0.25) is 0 Å². The third-order valence-electron chi connectivity index (χ3n) is 4.77. The normalized spacial score (nSPS) is 18.4. The number of aromatic nitrogens is 2. The predicted molar refractivity (Wildman–Crippen MR) is 83.9 cm³/mol. The van der Waals surface area contributed by atoms with E-state index in [1.807, 2.05) is 0 Å². The van der Waals surface area contributed by atoms with E-state index >= 15 is 0 Å². The molecule has 1 aromatic carbocycles. The van der Waals surface area contributed by atoms with E-state index in [0.717, 1.165) is 25.0 Å². The molecule has 1 saturated carbocycles. The van der Waals surface area contributed by atoms with Crippen LogP contribution in [0.25, 0.3) is 11.0 Å². The van der Waals surface area contributed by atoms with Crippen molar-refractivity contribution >= 4 is 11.0 Å². The summed E-state index contributed by atoms with van der Waals surface area (Å²) in [5, 5.41) is 3.68. The summed E-state index contributed by atoms with van der Waals surface area (Å²) in [5.74, 6) is 1.23. The molecule has 1 unspecified atom stereocenters. The zero-order valence-corrected chi connectivity index (χ0v) is 12.8. The Labute approximate surface area is 121 Å². The van der Waals surface area contributed by atoms with Crippen molar-refractivity contribution < 1.29 is 0 Å². The molecule has 1 aliphatic rings. The van der Waals surface area contributed by atoms with E-state index in [4.69, 9.17) is 4.98 Å². The summed E-state index contributed by atoms with van der Waals surface area (Å²) < 4.78 is 2.37. The maximum atomic E-state index is 4.87. The largest absolute Gasteiger partial charge is 0.328 e. The van der Waals surface area contributed by atoms with Crippen LogP contribution in [0.5, 0.6) is 0 Å². The van der Waals surface area contributed by atoms with Gasteiger partial charge in [-0.05, 0) is 43.9 Å². The number of benzene rings is 1. The second-order valence-corrected chi connectivity index (χ2v) is 6.23. The van der Waals surface area contributed by atoms with Crippen molar-refractivity contribution in [2.75, 3.05) is 6.54 Å². The van der Waals surface area contributed by atoms with Crippen LogP contribution in [-0.2, 0) is 13.0 Å². The van der Waals surface area contributed by atoms with Crippen LogP contribution >= 0.6 is 0 Å². The summed E-state index contributed by atoms with van der Waals surface area (Å²) in [5.41, 5.74) is 2.87. The number of aryl methyl sites for hydroxylation is 1. The fraction of sp³-hybridized carbons (Fsp3) is 0.588. The summed E-state index contributed by atoms with van der Waals surface area (Å²) in [6, 6.07) is 9.02. The Morgan fingerprint density at radius 1 is 1.30 bits per heavy atom. The summed E-state index contributed by atoms with van der Waals surface area (Å²) in [6.45, 7) is 8.83. The van der Waals surface area contributed by atoms with E-state index in [9.17, 15) is 0 Å². The SMILES string of the molecule is CCNC(Cc1nc2ccccc2n1CC)C1(C)CC1. The van der Waals surface area contributed by atoms with Crippen LogP contribution in [0, 0.1) is 5.41 Å². The van der Waals surface area contributed by atoms with Gasteiger partial charge in [0.05, 0.1) is 11.0 Å². The van der Waals surface area contributed by atoms with E-state index in [1.54, 1.807) is 0 Å². The van der Waals surface area contributed by atoms with Crippen LogP contribution in [0.4, 0.5) is 0 Å². The van der Waals surface area contributed by atoms with Gasteiger partial charge in [-0.15, -0.1) is 0 Å². The molecule has 3 nitrogen and oxygen atoms in total. The summed E-state index contributed by atoms with van der Waals surface area (Å²) in [4.78, 5) is 4.87. The van der Waals surface area contributed by atoms with Gasteiger partial charge in [0.1, 0.15) is 5.82 Å². The Hall–Kier alpha value is -1.35. The van der Waals surface area contributed by atoms with Crippen LogP contribution in [0.1, 0.15) is 39.4 Å². The molecular formula is C17H25N3. The molecule has 20 heavy (non-hydrogen) atoms. The van der Waals surface area contributed by atoms with E-state index in [-0.39, 0.29) is 0 Å². The summed E-state index contributed by atoms with van der Waals surface area (Å²) in [7, 11) is 0. The number of rotatable bonds is 6. The number of hydrogen-bond donors (Lipinski definition) is 1. The van der Waals surface area contributed by atoms with Crippen molar-refractivity contribution in [3.05, 3.63) is 30.1 Å². The molecule has 1 fully saturated rings. The Bertz CT molecular complexity index is 595. The smallest absolute Gasteiger partial charge is 0.111 e. The molecule has 2 aromatic rings. The van der Waals surface area contributed by atoms with Gasteiger partial charge in [0.2, 0.25) is 0 Å². The van der Waals surface area contributed by atoms with Crippen molar-refractivity contribution in [2.45, 2.75) is 52.6 Å². The van der Waals surface area contributed by atoms with Gasteiger partial charge >= 0.3 is 0 Å². The van der Waals surface area contributed by atoms with Crippen LogP contribution in [0.2, 0.25) is 0 Å². The molecule has 1 aliphatic carbocycles. The average Bonchev–Trinajstić information content (AvgIpc) is 3.10. The standard InChI is InChI=1S/C17H25N3/c1-4-18-15(17(3)10-11-17)12-16-19-13-8-6-7-9-14(13)20(16)5-2/h6-9,15,18H,4-5,10-12H2,1-3H3. The highest BCUT2D eigenvalue weighted by Gasteiger charge is 2.44. The maximum absolute atomic E-state index is 4.87. The zero-order valence-electron chi connectivity index (χ0n) is 12.8. The highest BCUT2D eigenvalue weighted by Crippen LogP contribution is 2.48. The molecule has 0 amide bonds. The molecule has 3 rings (SSSR count). The van der Waals surface area contributed by atoms with Gasteiger partial charge in [-0.2, -0.15) is 0 Å². The van der Waals surface area contributed by atoms with Gasteiger partial charge in [-0.1, -0.05) is 26.0 Å². The minimum absolute atomic E-state index is 0.479. The van der Waals surface area contributed by atoms with Crippen LogP contribution in [0.15, 0.2) is 24.3 Å². The predicted octanol–water partition coefficient (Wildman–Crippen LogP) is 3.38. The molecule has 1 atom stereocenters. The van der Waals surface area contributed by atoms with Crippen molar-refractivity contribution in [2.24, 2.45) is 5.41 Å². The molecule has 108 valence electrons. The fourth-order valence-electron chi connectivity index (χ4n) is 3.17. The van der Waals surface area contributed by atoms with Crippen LogP contribution < -0.4 is 5.32 Å². The molecular weight excluding hydrogens is 246 g/mol. The van der Waals surface area contributed by atoms with Gasteiger partial charge in [0.25, 0.3) is 0 Å². The topological polar surface area (TPSA) is 29.9 Å². The van der Waals surface area contributed by atoms with Crippen molar-refractivity contribution in [1.29, 1.82) is 0 Å². The lowest BCUT2D eigenvalue weighted by atomic mass is 9.95. The quantitative estimate of drug-likeness (QED) is 0.873. The second kappa shape index (κ2) is 5.21. The summed E-state index contributed by atoms with van der Waals surface area (Å²) in [6.07, 6.45) is 3.72. The highest BCUT2D eigenvalue weighted by atomic mass is 15.1. The Balaban J connectivity index is 1.92. The number of imidazole rings is 1. The first-order chi connectivity index (χ1) is 9.68. The van der Waals surface area contributed by atoms with E-state index in [1.165, 1.54) is 24.2 Å². The first kappa shape index (κ1) is 13.6. The lowest BCUT2D eigenvalue weighted by Crippen LogP contribution is -2.38. The average molecular weight is 271 g/mol. The molecule has 1 N–H and O–H groups in total. The molecule has 0 aliphatic heterocycles. The van der Waals surface area contributed by atoms with E-state index < -0.39 is 0 Å². The third kappa shape index (κ3) is 2.35. The summed E-state index contributed by atoms with van der Waals surface area (Å²) >= 11 is 0. The lowest BCUT2D eigenvalue weighted by Gasteiger charge is -2.24. The lowest BCUT2D eigenvalue weighted by molar-refractivity contribution is 0.352. The molecule has 1 aromatic heterocycles. The molecule has 1 heterocycles. The molecule has 0 bridgehead atoms. The van der Waals surface area contributed by atoms with Crippen molar-refractivity contribution in [1.82, 2.24) is 14.9 Å². The van der Waals surface area contributed by atoms with Crippen molar-refractivity contribution in [3.63, 3.8) is 0 Å². The van der Waals surface area contributed by atoms with E-state index in [2.05, 4.69) is 54.9 Å². The Morgan fingerprint density at radius 3 is 2.70 bits per heavy atom. The fourth-order valence-corrected chi connectivity index (χ4v) is 3.17. The number of likely N-dealkylation sites (N-methyl/N-ethyl adjacent to an activating group) is 1. The number of nitrogens with one attached hydrogen (secondary N) is 1. The Kier molecular flexibility index (Phi) is 3.55. The number of nitrogens with zero attached hydrogens (tertiary/aromatic N) is 2. The van der Waals surface area contributed by atoms with Gasteiger partial charge in [0.15, 0.2) is 0 Å². The molecule has 3 heteroatoms. The van der Waals surface area contributed by atoms with Crippen LogP contribution in [0.3, 0.4) is 0 Å². The molecule has 0 saturated heterocycles. The van der Waals surface area contributed by atoms with Gasteiger partial charge < -0.3 is 9.88 Å². The minimum atomic E-state index is 0.479. The second-order valence-electron chi connectivity index (χ2n) is 6.23. The number of para-hydroxylation sites is 2. The highest BCUT2D eigenvalue weighted by molar-refractivity contribution is 5.75. The third-order valence-corrected chi connectivity index (χ3v) is 4.77. The van der Waals surface area contributed by atoms with Gasteiger partial charge in [0, 0.05) is 19.0 Å². The first-order valence-electron chi connectivity index (χ1n) is 7.85. The van der Waals surface area contributed by atoms with Gasteiger partial charge in [-0.25, -0.2) is 4.98 Å². The molecule has 0 spiro atoms. The molecule has 0 radical (unpaired) electrons. The number of hydrogen-bond acceptors (Lipinski definition) is 2. The van der Waals surface area contributed by atoms with E-state index in [0.29, 0.717) is 11.5 Å². The first-order valence-corrected chi connectivity index (χ1v) is 7.85. The Morgan fingerprint density at radius 2 is 2.05 bits per heavy atom. The maximum Gasteiger partial charge on any atom is 0.111 e. The minimum Gasteiger partial charge on any atom is -0.328 e. The number of fused-ring (bicyclic) bond motifs is 1. The van der Waals surface area contributed by atoms with Crippen molar-refractivity contribution in [3.8, 4) is 0 Å². The van der Waals surface area contributed by atoms with Crippen LogP contribution in [-0.4, -0.2) is 22.1 Å². The monoisotopic (exact) mass is 271 g/mol.